The summed E-state index contributed by atoms with van der Waals surface area (Å²) in [5.41, 5.74) is 4.52. The lowest BCUT2D eigenvalue weighted by Gasteiger charge is -2.32. The maximum atomic E-state index is 13.8. The Morgan fingerprint density at radius 2 is 1.64 bits per heavy atom. The lowest BCUT2D eigenvalue weighted by Crippen LogP contribution is -2.37. The van der Waals surface area contributed by atoms with E-state index in [1.807, 2.05) is 35.9 Å². The van der Waals surface area contributed by atoms with E-state index in [4.69, 9.17) is 4.74 Å². The fourth-order valence-electron chi connectivity index (χ4n) is 7.02. The van der Waals surface area contributed by atoms with Gasteiger partial charge in [-0.1, -0.05) is 39.0 Å². The molecule has 3 aromatic rings. The van der Waals surface area contributed by atoms with Crippen LogP contribution >= 0.6 is 0 Å². The number of nitrogens with one attached hydrogen (secondary N) is 2. The van der Waals surface area contributed by atoms with E-state index in [1.54, 1.807) is 0 Å². The van der Waals surface area contributed by atoms with Crippen molar-refractivity contribution < 1.29 is 19.1 Å². The number of fused-ring (bicyclic) bond motifs is 1. The summed E-state index contributed by atoms with van der Waals surface area (Å²) in [5, 5.41) is 6.93. The standard InChI is InChI=1S/C36H49N5O4/c1-23(42)37-28-20-27(36(2,3)4)21-29(34(28)45-7)38-35(44)31-19-25-10-8-11-26(33(25)40(31)6)22-41-16-13-24(14-17-41)18-32(43)30-12-9-15-39(30)5/h8,10-11,19-21,24,30H,9,12-18,22H2,1-7H3,(H,37,42)(H,38,44)/t30-/m0/s1. The lowest BCUT2D eigenvalue weighted by atomic mass is 9.86. The SMILES string of the molecule is COc1c(NC(C)=O)cc(C(C)(C)C)cc1NC(=O)c1cc2cccc(CN3CCC(CC(=O)[C@@H]4CCCN4C)CC3)c2n1C. The topological polar surface area (TPSA) is 95.9 Å². The summed E-state index contributed by atoms with van der Waals surface area (Å²) in [5.74, 6) is 0.820. The van der Waals surface area contributed by atoms with Gasteiger partial charge in [-0.3, -0.25) is 24.2 Å². The van der Waals surface area contributed by atoms with Crippen LogP contribution in [-0.4, -0.2) is 71.8 Å². The first-order valence-corrected chi connectivity index (χ1v) is 16.2. The van der Waals surface area contributed by atoms with Gasteiger partial charge in [-0.15, -0.1) is 0 Å². The summed E-state index contributed by atoms with van der Waals surface area (Å²) in [6.45, 7) is 11.5. The van der Waals surface area contributed by atoms with Crippen molar-refractivity contribution >= 4 is 39.9 Å². The normalized spacial score (nSPS) is 18.3. The van der Waals surface area contributed by atoms with E-state index < -0.39 is 0 Å². The number of ether oxygens (including phenoxy) is 1. The Kier molecular flexibility index (Phi) is 9.70. The molecule has 2 N–H and O–H groups in total. The van der Waals surface area contributed by atoms with Gasteiger partial charge in [0.15, 0.2) is 5.75 Å². The average Bonchev–Trinajstić information content (AvgIpc) is 3.56. The van der Waals surface area contributed by atoms with Crippen molar-refractivity contribution in [1.29, 1.82) is 0 Å². The minimum atomic E-state index is -0.254. The second-order valence-corrected chi connectivity index (χ2v) is 14.0. The van der Waals surface area contributed by atoms with E-state index in [0.717, 1.165) is 68.3 Å². The van der Waals surface area contributed by atoms with E-state index in [9.17, 15) is 14.4 Å². The number of carbonyl (C=O) groups excluding carboxylic acids is 3. The number of methoxy groups -OCH3 is 1. The Balaban J connectivity index is 1.32. The van der Waals surface area contributed by atoms with Crippen LogP contribution in [0.3, 0.4) is 0 Å². The fourth-order valence-corrected chi connectivity index (χ4v) is 7.02. The summed E-state index contributed by atoms with van der Waals surface area (Å²) in [6, 6.07) is 12.1. The van der Waals surface area contributed by atoms with Crippen molar-refractivity contribution in [2.75, 3.05) is 44.4 Å². The highest BCUT2D eigenvalue weighted by molar-refractivity contribution is 6.08. The van der Waals surface area contributed by atoms with Gasteiger partial charge in [0.25, 0.3) is 5.91 Å². The lowest BCUT2D eigenvalue weighted by molar-refractivity contribution is -0.124. The number of piperidine rings is 1. The van der Waals surface area contributed by atoms with Crippen molar-refractivity contribution in [3.63, 3.8) is 0 Å². The monoisotopic (exact) mass is 615 g/mol. The summed E-state index contributed by atoms with van der Waals surface area (Å²) in [6.07, 6.45) is 4.90. The number of Topliss-reactive ketones (excluding diaryl/α,β-unsaturated/α-hetero) is 1. The van der Waals surface area contributed by atoms with Crippen LogP contribution in [0.5, 0.6) is 5.75 Å². The number of nitrogens with zero attached hydrogens (tertiary/aromatic N) is 3. The first-order chi connectivity index (χ1) is 21.3. The molecule has 242 valence electrons. The molecule has 0 unspecified atom stereocenters. The molecular weight excluding hydrogens is 566 g/mol. The number of benzene rings is 2. The van der Waals surface area contributed by atoms with Gasteiger partial charge < -0.3 is 19.9 Å². The van der Waals surface area contributed by atoms with Gasteiger partial charge in [-0.05, 0) is 93.0 Å². The van der Waals surface area contributed by atoms with Gasteiger partial charge in [0.05, 0.1) is 30.0 Å². The summed E-state index contributed by atoms with van der Waals surface area (Å²) in [4.78, 5) is 43.3. The highest BCUT2D eigenvalue weighted by Gasteiger charge is 2.31. The van der Waals surface area contributed by atoms with Gasteiger partial charge in [-0.2, -0.15) is 0 Å². The van der Waals surface area contributed by atoms with Crippen molar-refractivity contribution in [1.82, 2.24) is 14.4 Å². The van der Waals surface area contributed by atoms with Crippen LogP contribution in [0.1, 0.15) is 81.4 Å². The molecule has 2 aliphatic heterocycles. The summed E-state index contributed by atoms with van der Waals surface area (Å²) in [7, 11) is 5.54. The first-order valence-electron chi connectivity index (χ1n) is 16.2. The third-order valence-corrected chi connectivity index (χ3v) is 9.57. The minimum absolute atomic E-state index is 0.118. The minimum Gasteiger partial charge on any atom is -0.492 e. The number of anilines is 2. The maximum Gasteiger partial charge on any atom is 0.272 e. The molecule has 2 aliphatic rings. The molecular formula is C36H49N5O4. The van der Waals surface area contributed by atoms with E-state index in [1.165, 1.54) is 19.6 Å². The Hall–Kier alpha value is -3.69. The molecule has 5 rings (SSSR count). The zero-order valence-electron chi connectivity index (χ0n) is 28.0. The smallest absolute Gasteiger partial charge is 0.272 e. The Morgan fingerprint density at radius 1 is 0.956 bits per heavy atom. The molecule has 2 fully saturated rings. The van der Waals surface area contributed by atoms with Crippen LogP contribution in [0.4, 0.5) is 11.4 Å². The second-order valence-electron chi connectivity index (χ2n) is 14.0. The average molecular weight is 616 g/mol. The molecule has 3 heterocycles. The van der Waals surface area contributed by atoms with Gasteiger partial charge in [0.1, 0.15) is 11.5 Å². The number of carbonyl (C=O) groups is 3. The number of amides is 2. The third-order valence-electron chi connectivity index (χ3n) is 9.57. The van der Waals surface area contributed by atoms with Crippen LogP contribution in [-0.2, 0) is 28.6 Å². The van der Waals surface area contributed by atoms with Crippen LogP contribution in [0, 0.1) is 5.92 Å². The molecule has 9 heteroatoms. The predicted octanol–water partition coefficient (Wildman–Crippen LogP) is 5.96. The molecule has 9 nitrogen and oxygen atoms in total. The van der Waals surface area contributed by atoms with Gasteiger partial charge in [-0.25, -0.2) is 0 Å². The maximum absolute atomic E-state index is 13.8. The Labute approximate surface area is 267 Å². The molecule has 2 amide bonds. The summed E-state index contributed by atoms with van der Waals surface area (Å²) < 4.78 is 7.64. The molecule has 0 bridgehead atoms. The second kappa shape index (κ2) is 13.3. The molecule has 1 aromatic heterocycles. The van der Waals surface area contributed by atoms with Crippen molar-refractivity contribution in [2.45, 2.75) is 77.8 Å². The van der Waals surface area contributed by atoms with Gasteiger partial charge >= 0.3 is 0 Å². The number of rotatable bonds is 9. The highest BCUT2D eigenvalue weighted by atomic mass is 16.5. The summed E-state index contributed by atoms with van der Waals surface area (Å²) >= 11 is 0. The number of hydrogen-bond donors (Lipinski definition) is 2. The highest BCUT2D eigenvalue weighted by Crippen LogP contribution is 2.39. The van der Waals surface area contributed by atoms with E-state index in [0.29, 0.717) is 40.9 Å². The zero-order valence-corrected chi connectivity index (χ0v) is 28.0. The number of likely N-dealkylation sites (tertiary alicyclic amines) is 2. The largest absolute Gasteiger partial charge is 0.492 e. The zero-order chi connectivity index (χ0) is 32.5. The Bertz CT molecular complexity index is 1580. The number of likely N-dealkylation sites (N-methyl/N-ethyl adjacent to an activating group) is 1. The van der Waals surface area contributed by atoms with E-state index >= 15 is 0 Å². The fraction of sp³-hybridized carbons (Fsp3) is 0.528. The van der Waals surface area contributed by atoms with Crippen LogP contribution in [0.25, 0.3) is 10.9 Å². The number of para-hydroxylation sites is 1. The number of aromatic nitrogens is 1. The number of hydrogen-bond acceptors (Lipinski definition) is 6. The predicted molar refractivity (Wildman–Crippen MR) is 180 cm³/mol. The van der Waals surface area contributed by atoms with Gasteiger partial charge in [0.2, 0.25) is 5.91 Å². The van der Waals surface area contributed by atoms with Crippen molar-refractivity contribution in [3.05, 3.63) is 53.2 Å². The van der Waals surface area contributed by atoms with E-state index in [2.05, 4.69) is 60.4 Å². The quantitative estimate of drug-likeness (QED) is 0.309. The molecule has 0 saturated carbocycles. The number of aryl methyl sites for hydroxylation is 1. The third kappa shape index (κ3) is 7.25. The Morgan fingerprint density at radius 3 is 2.24 bits per heavy atom. The van der Waals surface area contributed by atoms with Crippen LogP contribution in [0.2, 0.25) is 0 Å². The van der Waals surface area contributed by atoms with E-state index in [-0.39, 0.29) is 23.3 Å². The molecule has 2 saturated heterocycles. The first kappa shape index (κ1) is 32.7. The molecule has 45 heavy (non-hydrogen) atoms. The van der Waals surface area contributed by atoms with Crippen LogP contribution < -0.4 is 15.4 Å². The molecule has 1 atom stereocenters. The van der Waals surface area contributed by atoms with Crippen molar-refractivity contribution in [3.8, 4) is 5.75 Å². The molecule has 0 spiro atoms. The molecule has 0 aliphatic carbocycles. The molecule has 2 aromatic carbocycles. The molecule has 0 radical (unpaired) electrons. The van der Waals surface area contributed by atoms with Crippen LogP contribution in [0.15, 0.2) is 36.4 Å². The number of ketones is 1. The van der Waals surface area contributed by atoms with Crippen molar-refractivity contribution in [2.24, 2.45) is 13.0 Å². The van der Waals surface area contributed by atoms with Gasteiger partial charge in [0, 0.05) is 32.3 Å².